The van der Waals surface area contributed by atoms with Crippen molar-refractivity contribution in [1.29, 1.82) is 0 Å². The number of nitrogens with zero attached hydrogens (tertiary/aromatic N) is 1. The quantitative estimate of drug-likeness (QED) is 0.845. The van der Waals surface area contributed by atoms with Crippen molar-refractivity contribution in [3.63, 3.8) is 0 Å². The zero-order valence-electron chi connectivity index (χ0n) is 12.1. The summed E-state index contributed by atoms with van der Waals surface area (Å²) < 4.78 is 10.6. The Labute approximate surface area is 115 Å². The topological polar surface area (TPSA) is 33.7 Å². The van der Waals surface area contributed by atoms with E-state index < -0.39 is 0 Å². The summed E-state index contributed by atoms with van der Waals surface area (Å²) in [7, 11) is 5.51. The molecule has 1 aromatic rings. The maximum absolute atomic E-state index is 5.32. The maximum atomic E-state index is 5.32. The molecule has 1 fully saturated rings. The smallest absolute Gasteiger partial charge is 0.160 e. The van der Waals surface area contributed by atoms with E-state index in [2.05, 4.69) is 29.4 Å². The highest BCUT2D eigenvalue weighted by Gasteiger charge is 2.18. The van der Waals surface area contributed by atoms with E-state index in [0.717, 1.165) is 31.0 Å². The van der Waals surface area contributed by atoms with Crippen molar-refractivity contribution in [2.45, 2.75) is 18.9 Å². The Morgan fingerprint density at radius 2 is 2.05 bits per heavy atom. The van der Waals surface area contributed by atoms with E-state index in [1.165, 1.54) is 18.5 Å². The third-order valence-corrected chi connectivity index (χ3v) is 3.69. The molecule has 1 atom stereocenters. The van der Waals surface area contributed by atoms with Gasteiger partial charge in [0.25, 0.3) is 0 Å². The first-order valence-electron chi connectivity index (χ1n) is 6.85. The van der Waals surface area contributed by atoms with Crippen molar-refractivity contribution in [1.82, 2.24) is 10.2 Å². The Morgan fingerprint density at radius 3 is 2.68 bits per heavy atom. The van der Waals surface area contributed by atoms with Crippen molar-refractivity contribution in [3.8, 4) is 11.5 Å². The number of benzene rings is 1. The van der Waals surface area contributed by atoms with Gasteiger partial charge < -0.3 is 19.7 Å². The molecule has 0 bridgehead atoms. The van der Waals surface area contributed by atoms with Crippen molar-refractivity contribution < 1.29 is 9.47 Å². The fourth-order valence-corrected chi connectivity index (χ4v) is 2.56. The maximum Gasteiger partial charge on any atom is 0.160 e. The summed E-state index contributed by atoms with van der Waals surface area (Å²) in [6, 6.07) is 6.77. The van der Waals surface area contributed by atoms with Gasteiger partial charge in [-0.3, -0.25) is 0 Å². The summed E-state index contributed by atoms with van der Waals surface area (Å²) >= 11 is 0. The second-order valence-corrected chi connectivity index (χ2v) is 5.14. The van der Waals surface area contributed by atoms with Crippen LogP contribution in [0.2, 0.25) is 0 Å². The highest BCUT2D eigenvalue weighted by Crippen LogP contribution is 2.27. The number of likely N-dealkylation sites (tertiary alicyclic amines) is 1. The summed E-state index contributed by atoms with van der Waals surface area (Å²) in [5.74, 6) is 1.59. The van der Waals surface area contributed by atoms with Crippen molar-refractivity contribution in [2.24, 2.45) is 0 Å². The van der Waals surface area contributed by atoms with Gasteiger partial charge >= 0.3 is 0 Å². The van der Waals surface area contributed by atoms with Crippen LogP contribution in [0.15, 0.2) is 18.2 Å². The van der Waals surface area contributed by atoms with Crippen LogP contribution in [0.1, 0.15) is 12.0 Å². The molecule has 0 spiro atoms. The van der Waals surface area contributed by atoms with Crippen molar-refractivity contribution in [2.75, 3.05) is 40.9 Å². The van der Waals surface area contributed by atoms with E-state index in [0.29, 0.717) is 6.04 Å². The van der Waals surface area contributed by atoms with E-state index in [9.17, 15) is 0 Å². The fourth-order valence-electron chi connectivity index (χ4n) is 2.56. The molecule has 1 aliphatic heterocycles. The predicted octanol–water partition coefficient (Wildman–Crippen LogP) is 1.54. The summed E-state index contributed by atoms with van der Waals surface area (Å²) in [6.07, 6.45) is 2.27. The van der Waals surface area contributed by atoms with E-state index in [1.807, 2.05) is 6.07 Å². The van der Waals surface area contributed by atoms with Crippen LogP contribution in [0.5, 0.6) is 11.5 Å². The van der Waals surface area contributed by atoms with Gasteiger partial charge in [-0.25, -0.2) is 0 Å². The average Bonchev–Trinajstić information content (AvgIpc) is 2.84. The summed E-state index contributed by atoms with van der Waals surface area (Å²) in [6.45, 7) is 3.37. The number of rotatable bonds is 6. The summed E-state index contributed by atoms with van der Waals surface area (Å²) in [5, 5.41) is 3.61. The highest BCUT2D eigenvalue weighted by molar-refractivity contribution is 5.42. The Kier molecular flexibility index (Phi) is 5.05. The van der Waals surface area contributed by atoms with E-state index in [4.69, 9.17) is 9.47 Å². The molecule has 1 N–H and O–H groups in total. The molecule has 4 heteroatoms. The molecule has 2 rings (SSSR count). The SMILES string of the molecule is COc1ccc(CCNC2CCN(C)C2)cc1OC. The van der Waals surface area contributed by atoms with Crippen LogP contribution in [0.3, 0.4) is 0 Å². The summed E-state index contributed by atoms with van der Waals surface area (Å²) in [4.78, 5) is 2.37. The lowest BCUT2D eigenvalue weighted by Crippen LogP contribution is -2.32. The molecule has 106 valence electrons. The molecular formula is C15H24N2O2. The van der Waals surface area contributed by atoms with Crippen molar-refractivity contribution in [3.05, 3.63) is 23.8 Å². The number of hydrogen-bond acceptors (Lipinski definition) is 4. The van der Waals surface area contributed by atoms with E-state index >= 15 is 0 Å². The van der Waals surface area contributed by atoms with E-state index in [1.54, 1.807) is 14.2 Å². The summed E-state index contributed by atoms with van der Waals surface area (Å²) in [5.41, 5.74) is 1.27. The first kappa shape index (κ1) is 14.2. The minimum absolute atomic E-state index is 0.644. The first-order chi connectivity index (χ1) is 9.22. The third kappa shape index (κ3) is 3.85. The van der Waals surface area contributed by atoms with Gasteiger partial charge in [-0.05, 0) is 50.7 Å². The molecule has 1 unspecified atom stereocenters. The van der Waals surface area contributed by atoms with Gasteiger partial charge in [-0.15, -0.1) is 0 Å². The second kappa shape index (κ2) is 6.78. The number of ether oxygens (including phenoxy) is 2. The molecule has 1 aromatic carbocycles. The Morgan fingerprint density at radius 1 is 1.26 bits per heavy atom. The molecular weight excluding hydrogens is 240 g/mol. The molecule has 0 amide bonds. The lowest BCUT2D eigenvalue weighted by atomic mass is 10.1. The zero-order valence-corrected chi connectivity index (χ0v) is 12.1. The molecule has 19 heavy (non-hydrogen) atoms. The van der Waals surface area contributed by atoms with Crippen LogP contribution < -0.4 is 14.8 Å². The van der Waals surface area contributed by atoms with Crippen LogP contribution in [0.25, 0.3) is 0 Å². The largest absolute Gasteiger partial charge is 0.493 e. The minimum Gasteiger partial charge on any atom is -0.493 e. The van der Waals surface area contributed by atoms with Crippen LogP contribution in [-0.2, 0) is 6.42 Å². The highest BCUT2D eigenvalue weighted by atomic mass is 16.5. The lowest BCUT2D eigenvalue weighted by Gasteiger charge is -2.13. The second-order valence-electron chi connectivity index (χ2n) is 5.14. The average molecular weight is 264 g/mol. The monoisotopic (exact) mass is 264 g/mol. The number of likely N-dealkylation sites (N-methyl/N-ethyl adjacent to an activating group) is 1. The molecule has 0 radical (unpaired) electrons. The Balaban J connectivity index is 1.82. The molecule has 0 saturated carbocycles. The molecule has 0 aliphatic carbocycles. The zero-order chi connectivity index (χ0) is 13.7. The van der Waals surface area contributed by atoms with Gasteiger partial charge in [-0.1, -0.05) is 6.07 Å². The third-order valence-electron chi connectivity index (χ3n) is 3.69. The fraction of sp³-hybridized carbons (Fsp3) is 0.600. The predicted molar refractivity (Wildman–Crippen MR) is 77.2 cm³/mol. The van der Waals surface area contributed by atoms with Crippen LogP contribution in [-0.4, -0.2) is 51.8 Å². The van der Waals surface area contributed by atoms with Gasteiger partial charge in [0.05, 0.1) is 14.2 Å². The molecule has 1 heterocycles. The standard InChI is InChI=1S/C15H24N2O2/c1-17-9-7-13(11-17)16-8-6-12-4-5-14(18-2)15(10-12)19-3/h4-5,10,13,16H,6-9,11H2,1-3H3. The number of methoxy groups -OCH3 is 2. The normalized spacial score (nSPS) is 19.6. The minimum atomic E-state index is 0.644. The van der Waals surface area contributed by atoms with Gasteiger partial charge in [-0.2, -0.15) is 0 Å². The van der Waals surface area contributed by atoms with Gasteiger partial charge in [0.15, 0.2) is 11.5 Å². The van der Waals surface area contributed by atoms with Crippen molar-refractivity contribution >= 4 is 0 Å². The van der Waals surface area contributed by atoms with Gasteiger partial charge in [0.1, 0.15) is 0 Å². The lowest BCUT2D eigenvalue weighted by molar-refractivity contribution is 0.354. The van der Waals surface area contributed by atoms with Crippen LogP contribution in [0.4, 0.5) is 0 Å². The van der Waals surface area contributed by atoms with E-state index in [-0.39, 0.29) is 0 Å². The molecule has 1 aliphatic rings. The first-order valence-corrected chi connectivity index (χ1v) is 6.85. The number of nitrogens with one attached hydrogen (secondary N) is 1. The molecule has 4 nitrogen and oxygen atoms in total. The van der Waals surface area contributed by atoms with Gasteiger partial charge in [0.2, 0.25) is 0 Å². The Hall–Kier alpha value is -1.26. The molecule has 0 aromatic heterocycles. The van der Waals surface area contributed by atoms with Crippen LogP contribution in [0, 0.1) is 0 Å². The Bertz CT molecular complexity index is 409. The number of hydrogen-bond donors (Lipinski definition) is 1. The van der Waals surface area contributed by atoms with Crippen LogP contribution >= 0.6 is 0 Å². The molecule has 1 saturated heterocycles. The van der Waals surface area contributed by atoms with Gasteiger partial charge in [0, 0.05) is 12.6 Å².